The van der Waals surface area contributed by atoms with E-state index >= 15 is 0 Å². The number of amides is 1. The van der Waals surface area contributed by atoms with Crippen molar-refractivity contribution in [2.24, 2.45) is 5.92 Å². The quantitative estimate of drug-likeness (QED) is 0.666. The molecule has 2 heterocycles. The average Bonchev–Trinajstić information content (AvgIpc) is 2.68. The summed E-state index contributed by atoms with van der Waals surface area (Å²) >= 11 is 0. The summed E-state index contributed by atoms with van der Waals surface area (Å²) in [7, 11) is 0. The molecule has 2 atom stereocenters. The molecule has 0 bridgehead atoms. The van der Waals surface area contributed by atoms with Crippen molar-refractivity contribution in [2.45, 2.75) is 69.4 Å². The summed E-state index contributed by atoms with van der Waals surface area (Å²) in [5.41, 5.74) is -0.617. The molecule has 154 valence electrons. The highest BCUT2D eigenvalue weighted by molar-refractivity contribution is 5.79. The first-order valence-corrected chi connectivity index (χ1v) is 9.85. The highest BCUT2D eigenvalue weighted by atomic mass is 19.3. The smallest absolute Gasteiger partial charge is 0.265 e. The second-order valence-corrected chi connectivity index (χ2v) is 7.80. The lowest BCUT2D eigenvalue weighted by molar-refractivity contribution is -0.144. The van der Waals surface area contributed by atoms with Crippen molar-refractivity contribution in [3.63, 3.8) is 0 Å². The van der Waals surface area contributed by atoms with Gasteiger partial charge in [-0.2, -0.15) is 5.26 Å². The number of nitrogens with one attached hydrogen (secondary N) is 1. The number of carbonyl (C=O) groups is 1. The van der Waals surface area contributed by atoms with Gasteiger partial charge >= 0.3 is 0 Å². The highest BCUT2D eigenvalue weighted by Crippen LogP contribution is 2.30. The number of piperidine rings is 1. The zero-order chi connectivity index (χ0) is 19.9. The summed E-state index contributed by atoms with van der Waals surface area (Å²) in [5, 5.41) is 22.2. The number of aliphatic hydroxyl groups is 1. The van der Waals surface area contributed by atoms with Gasteiger partial charge in [0, 0.05) is 25.2 Å². The molecule has 0 saturated carbocycles. The van der Waals surface area contributed by atoms with Crippen molar-refractivity contribution in [2.75, 3.05) is 32.9 Å². The zero-order valence-corrected chi connectivity index (χ0v) is 16.1. The van der Waals surface area contributed by atoms with Crippen LogP contribution in [-0.2, 0) is 9.53 Å². The maximum absolute atomic E-state index is 13.7. The second kappa shape index (κ2) is 9.76. The van der Waals surface area contributed by atoms with Crippen LogP contribution >= 0.6 is 0 Å². The number of hydrogen-bond donors (Lipinski definition) is 2. The number of halogens is 2. The molecule has 27 heavy (non-hydrogen) atoms. The summed E-state index contributed by atoms with van der Waals surface area (Å²) in [6.07, 6.45) is 3.85. The standard InChI is InChI=1S/C19H31F2N3O3/c1-2-18(14-25,7-3-15-5-9-27-10-6-15)23-12-17(26)24-13-19(20,21)8-4-16(24)11-22/h15-16,23,25H,2-10,12-14H2,1H3/t16-,18?/m1/s1. The highest BCUT2D eigenvalue weighted by Gasteiger charge is 2.42. The minimum Gasteiger partial charge on any atom is -0.394 e. The second-order valence-electron chi connectivity index (χ2n) is 7.80. The van der Waals surface area contributed by atoms with Crippen molar-refractivity contribution in [1.82, 2.24) is 10.2 Å². The van der Waals surface area contributed by atoms with Gasteiger partial charge in [-0.3, -0.25) is 4.79 Å². The van der Waals surface area contributed by atoms with E-state index in [2.05, 4.69) is 5.32 Å². The molecule has 0 aromatic carbocycles. The van der Waals surface area contributed by atoms with Crippen LogP contribution in [-0.4, -0.2) is 66.3 Å². The lowest BCUT2D eigenvalue weighted by atomic mass is 9.85. The summed E-state index contributed by atoms with van der Waals surface area (Å²) in [6, 6.07) is 1.14. The number of hydrogen-bond acceptors (Lipinski definition) is 5. The number of alkyl halides is 2. The molecular formula is C19H31F2N3O3. The minimum absolute atomic E-state index is 0.0160. The van der Waals surface area contributed by atoms with Gasteiger partial charge in [0.25, 0.3) is 5.92 Å². The molecule has 2 rings (SSSR count). The Morgan fingerprint density at radius 2 is 2.11 bits per heavy atom. The summed E-state index contributed by atoms with van der Waals surface area (Å²) < 4.78 is 32.7. The molecule has 0 aromatic rings. The molecule has 0 aliphatic carbocycles. The molecule has 2 aliphatic heterocycles. The topological polar surface area (TPSA) is 85.6 Å². The van der Waals surface area contributed by atoms with E-state index in [1.807, 2.05) is 13.0 Å². The summed E-state index contributed by atoms with van der Waals surface area (Å²) in [6.45, 7) is 2.45. The molecule has 2 N–H and O–H groups in total. The number of ether oxygens (including phenoxy) is 1. The van der Waals surface area contributed by atoms with Crippen molar-refractivity contribution in [1.29, 1.82) is 5.26 Å². The molecular weight excluding hydrogens is 356 g/mol. The van der Waals surface area contributed by atoms with Crippen LogP contribution in [0.2, 0.25) is 0 Å². The molecule has 8 heteroatoms. The number of nitriles is 1. The van der Waals surface area contributed by atoms with Gasteiger partial charge in [0.15, 0.2) is 0 Å². The van der Waals surface area contributed by atoms with Gasteiger partial charge in [0.1, 0.15) is 6.04 Å². The van der Waals surface area contributed by atoms with Gasteiger partial charge in [0.05, 0.1) is 25.8 Å². The van der Waals surface area contributed by atoms with Crippen LogP contribution in [0.1, 0.15) is 51.9 Å². The predicted octanol–water partition coefficient (Wildman–Crippen LogP) is 2.07. The van der Waals surface area contributed by atoms with Crippen LogP contribution in [0.25, 0.3) is 0 Å². The van der Waals surface area contributed by atoms with Gasteiger partial charge in [-0.1, -0.05) is 6.92 Å². The van der Waals surface area contributed by atoms with E-state index in [4.69, 9.17) is 4.74 Å². The Balaban J connectivity index is 1.92. The van der Waals surface area contributed by atoms with Crippen molar-refractivity contribution in [3.8, 4) is 6.07 Å². The third kappa shape index (κ3) is 6.09. The molecule has 2 fully saturated rings. The van der Waals surface area contributed by atoms with Crippen LogP contribution in [0.3, 0.4) is 0 Å². The van der Waals surface area contributed by atoms with E-state index < -0.39 is 30.0 Å². The van der Waals surface area contributed by atoms with Crippen LogP contribution in [0, 0.1) is 17.2 Å². The van der Waals surface area contributed by atoms with E-state index in [1.54, 1.807) is 0 Å². The summed E-state index contributed by atoms with van der Waals surface area (Å²) in [4.78, 5) is 13.5. The van der Waals surface area contributed by atoms with Gasteiger partial charge in [-0.05, 0) is 44.4 Å². The largest absolute Gasteiger partial charge is 0.394 e. The maximum Gasteiger partial charge on any atom is 0.265 e. The van der Waals surface area contributed by atoms with E-state index in [9.17, 15) is 23.9 Å². The van der Waals surface area contributed by atoms with E-state index in [0.717, 1.165) is 37.4 Å². The number of nitrogens with zero attached hydrogens (tertiary/aromatic N) is 2. The van der Waals surface area contributed by atoms with Crippen LogP contribution in [0.15, 0.2) is 0 Å². The van der Waals surface area contributed by atoms with E-state index in [1.165, 1.54) is 0 Å². The lowest BCUT2D eigenvalue weighted by Crippen LogP contribution is -2.56. The molecule has 0 aromatic heterocycles. The van der Waals surface area contributed by atoms with Gasteiger partial charge in [0.2, 0.25) is 5.91 Å². The third-order valence-corrected chi connectivity index (χ3v) is 6.00. The number of aliphatic hydroxyl groups excluding tert-OH is 1. The minimum atomic E-state index is -2.95. The fourth-order valence-electron chi connectivity index (χ4n) is 3.86. The van der Waals surface area contributed by atoms with E-state index in [0.29, 0.717) is 18.8 Å². The monoisotopic (exact) mass is 387 g/mol. The Hall–Kier alpha value is -1.30. The van der Waals surface area contributed by atoms with Crippen molar-refractivity contribution in [3.05, 3.63) is 0 Å². The molecule has 0 spiro atoms. The number of carbonyl (C=O) groups excluding carboxylic acids is 1. The van der Waals surface area contributed by atoms with Crippen molar-refractivity contribution < 1.29 is 23.4 Å². The Labute approximate surface area is 159 Å². The van der Waals surface area contributed by atoms with Gasteiger partial charge in [-0.25, -0.2) is 8.78 Å². The first-order valence-electron chi connectivity index (χ1n) is 9.85. The first-order chi connectivity index (χ1) is 12.8. The molecule has 1 amide bonds. The Kier molecular flexibility index (Phi) is 7.95. The predicted molar refractivity (Wildman–Crippen MR) is 96.2 cm³/mol. The fraction of sp³-hybridized carbons (Fsp3) is 0.895. The van der Waals surface area contributed by atoms with Crippen LogP contribution in [0.4, 0.5) is 8.78 Å². The Bertz CT molecular complexity index is 529. The van der Waals surface area contributed by atoms with Gasteiger partial charge in [-0.15, -0.1) is 0 Å². The zero-order valence-electron chi connectivity index (χ0n) is 16.1. The molecule has 2 aliphatic rings. The SMILES string of the molecule is CCC(CO)(CCC1CCOCC1)NCC(=O)N1CC(F)(F)CC[C@@H]1C#N. The van der Waals surface area contributed by atoms with Crippen LogP contribution in [0.5, 0.6) is 0 Å². The van der Waals surface area contributed by atoms with E-state index in [-0.39, 0.29) is 26.0 Å². The average molecular weight is 387 g/mol. The normalized spacial score (nSPS) is 25.6. The Morgan fingerprint density at radius 3 is 2.70 bits per heavy atom. The van der Waals surface area contributed by atoms with Gasteiger partial charge < -0.3 is 20.1 Å². The van der Waals surface area contributed by atoms with Crippen molar-refractivity contribution >= 4 is 5.91 Å². The molecule has 1 unspecified atom stereocenters. The lowest BCUT2D eigenvalue weighted by Gasteiger charge is -2.38. The maximum atomic E-state index is 13.7. The fourth-order valence-corrected chi connectivity index (χ4v) is 3.86. The number of likely N-dealkylation sites (tertiary alicyclic amines) is 1. The molecule has 2 saturated heterocycles. The third-order valence-electron chi connectivity index (χ3n) is 6.00. The van der Waals surface area contributed by atoms with Crippen LogP contribution < -0.4 is 5.32 Å². The molecule has 0 radical (unpaired) electrons. The Morgan fingerprint density at radius 1 is 1.41 bits per heavy atom. The molecule has 6 nitrogen and oxygen atoms in total. The summed E-state index contributed by atoms with van der Waals surface area (Å²) in [5.74, 6) is -2.93. The number of rotatable bonds is 8. The first kappa shape index (κ1) is 22.0.